The maximum Gasteiger partial charge on any atom is 0.231 e. The van der Waals surface area contributed by atoms with Gasteiger partial charge in [0.2, 0.25) is 6.79 Å². The van der Waals surface area contributed by atoms with Gasteiger partial charge in [0.15, 0.2) is 17.3 Å². The number of hydrogen-bond acceptors (Lipinski definition) is 5. The summed E-state index contributed by atoms with van der Waals surface area (Å²) in [5.74, 6) is 1.82. The van der Waals surface area contributed by atoms with E-state index in [0.717, 1.165) is 19.6 Å². The highest BCUT2D eigenvalue weighted by atomic mass is 16.7. The van der Waals surface area contributed by atoms with Crippen molar-refractivity contribution in [2.45, 2.75) is 26.2 Å². The van der Waals surface area contributed by atoms with Gasteiger partial charge in [-0.3, -0.25) is 9.69 Å². The highest BCUT2D eigenvalue weighted by molar-refractivity contribution is 5.97. The molecular weight excluding hydrogens is 270 g/mol. The minimum atomic E-state index is -0.0266. The quantitative estimate of drug-likeness (QED) is 0.780. The zero-order chi connectivity index (χ0) is 14.7. The first-order valence-corrected chi connectivity index (χ1v) is 7.54. The zero-order valence-electron chi connectivity index (χ0n) is 12.4. The van der Waals surface area contributed by atoms with Crippen LogP contribution in [-0.2, 0) is 0 Å². The molecule has 0 N–H and O–H groups in total. The lowest BCUT2D eigenvalue weighted by molar-refractivity contribution is 0.101. The van der Waals surface area contributed by atoms with Crippen molar-refractivity contribution >= 4 is 5.78 Å². The van der Waals surface area contributed by atoms with Crippen molar-refractivity contribution in [3.63, 3.8) is 0 Å². The van der Waals surface area contributed by atoms with Crippen molar-refractivity contribution in [2.24, 2.45) is 0 Å². The number of hydrogen-bond donors (Lipinski definition) is 0. The summed E-state index contributed by atoms with van der Waals surface area (Å²) in [6.07, 6.45) is 3.86. The van der Waals surface area contributed by atoms with Crippen LogP contribution in [0, 0.1) is 0 Å². The molecule has 0 spiro atoms. The second kappa shape index (κ2) is 6.35. The molecule has 0 saturated carbocycles. The van der Waals surface area contributed by atoms with Crippen LogP contribution in [0.1, 0.15) is 36.5 Å². The van der Waals surface area contributed by atoms with Crippen LogP contribution in [0.3, 0.4) is 0 Å². The number of ether oxygens (including phenoxy) is 3. The Bertz CT molecular complexity index is 523. The third-order valence-electron chi connectivity index (χ3n) is 3.97. The summed E-state index contributed by atoms with van der Waals surface area (Å²) >= 11 is 0. The Morgan fingerprint density at radius 2 is 1.90 bits per heavy atom. The Labute approximate surface area is 124 Å². The molecule has 1 fully saturated rings. The molecule has 1 aromatic rings. The Morgan fingerprint density at radius 1 is 1.19 bits per heavy atom. The Kier molecular flexibility index (Phi) is 4.29. The number of benzene rings is 1. The molecular formula is C16H21NO4. The van der Waals surface area contributed by atoms with Crippen molar-refractivity contribution in [1.29, 1.82) is 0 Å². The summed E-state index contributed by atoms with van der Waals surface area (Å²) in [6.45, 7) is 5.50. The molecule has 1 saturated heterocycles. The second-order valence-corrected chi connectivity index (χ2v) is 5.51. The van der Waals surface area contributed by atoms with E-state index in [0.29, 0.717) is 29.4 Å². The van der Waals surface area contributed by atoms with E-state index in [4.69, 9.17) is 14.2 Å². The van der Waals surface area contributed by atoms with E-state index in [2.05, 4.69) is 4.90 Å². The van der Waals surface area contributed by atoms with Gasteiger partial charge in [0.1, 0.15) is 12.4 Å². The molecule has 2 aliphatic heterocycles. The lowest BCUT2D eigenvalue weighted by Gasteiger charge is -2.26. The van der Waals surface area contributed by atoms with Crippen LogP contribution in [0.25, 0.3) is 0 Å². The van der Waals surface area contributed by atoms with Gasteiger partial charge >= 0.3 is 0 Å². The molecule has 114 valence electrons. The fourth-order valence-corrected chi connectivity index (χ4v) is 2.79. The number of carbonyl (C=O) groups is 1. The van der Waals surface area contributed by atoms with E-state index in [1.54, 1.807) is 12.1 Å². The fraction of sp³-hybridized carbons (Fsp3) is 0.562. The monoisotopic (exact) mass is 291 g/mol. The number of nitrogens with zero attached hydrogens (tertiary/aromatic N) is 1. The number of likely N-dealkylation sites (tertiary alicyclic amines) is 1. The summed E-state index contributed by atoms with van der Waals surface area (Å²) < 4.78 is 16.5. The van der Waals surface area contributed by atoms with Gasteiger partial charge in [-0.15, -0.1) is 0 Å². The van der Waals surface area contributed by atoms with Gasteiger partial charge in [0.25, 0.3) is 0 Å². The lowest BCUT2D eigenvalue weighted by Crippen LogP contribution is -2.33. The summed E-state index contributed by atoms with van der Waals surface area (Å²) in [4.78, 5) is 14.2. The first kappa shape index (κ1) is 14.2. The minimum absolute atomic E-state index is 0.0266. The van der Waals surface area contributed by atoms with Crippen molar-refractivity contribution < 1.29 is 19.0 Å². The molecule has 1 aromatic carbocycles. The zero-order valence-corrected chi connectivity index (χ0v) is 12.4. The molecule has 21 heavy (non-hydrogen) atoms. The highest BCUT2D eigenvalue weighted by Gasteiger charge is 2.20. The Balaban J connectivity index is 1.65. The van der Waals surface area contributed by atoms with E-state index in [1.165, 1.54) is 26.2 Å². The van der Waals surface area contributed by atoms with Gasteiger partial charge in [0.05, 0.1) is 5.56 Å². The van der Waals surface area contributed by atoms with E-state index in [9.17, 15) is 4.79 Å². The lowest BCUT2D eigenvalue weighted by atomic mass is 10.1. The number of piperidine rings is 1. The Hall–Kier alpha value is -1.75. The van der Waals surface area contributed by atoms with Crippen molar-refractivity contribution in [1.82, 2.24) is 4.90 Å². The SMILES string of the molecule is CC(=O)c1cc2c(cc1OCCN1CCCCC1)OCO2. The minimum Gasteiger partial charge on any atom is -0.491 e. The third kappa shape index (κ3) is 3.29. The van der Waals surface area contributed by atoms with Crippen LogP contribution in [0.15, 0.2) is 12.1 Å². The predicted molar refractivity (Wildman–Crippen MR) is 78.4 cm³/mol. The van der Waals surface area contributed by atoms with Crippen LogP contribution in [0.2, 0.25) is 0 Å². The number of carbonyl (C=O) groups excluding carboxylic acids is 1. The molecule has 0 radical (unpaired) electrons. The maximum atomic E-state index is 11.7. The van der Waals surface area contributed by atoms with Gasteiger partial charge in [0, 0.05) is 12.6 Å². The van der Waals surface area contributed by atoms with E-state index in [1.807, 2.05) is 0 Å². The van der Waals surface area contributed by atoms with Crippen LogP contribution in [0.4, 0.5) is 0 Å². The third-order valence-corrected chi connectivity index (χ3v) is 3.97. The van der Waals surface area contributed by atoms with Gasteiger partial charge in [-0.2, -0.15) is 0 Å². The molecule has 3 rings (SSSR count). The Morgan fingerprint density at radius 3 is 2.62 bits per heavy atom. The van der Waals surface area contributed by atoms with Crippen molar-refractivity contribution in [3.05, 3.63) is 17.7 Å². The van der Waals surface area contributed by atoms with Crippen LogP contribution in [-0.4, -0.2) is 43.7 Å². The van der Waals surface area contributed by atoms with Crippen LogP contribution < -0.4 is 14.2 Å². The molecule has 5 nitrogen and oxygen atoms in total. The van der Waals surface area contributed by atoms with Crippen molar-refractivity contribution in [2.75, 3.05) is 33.0 Å². The molecule has 2 aliphatic rings. The largest absolute Gasteiger partial charge is 0.491 e. The van der Waals surface area contributed by atoms with Gasteiger partial charge in [-0.25, -0.2) is 0 Å². The van der Waals surface area contributed by atoms with Gasteiger partial charge < -0.3 is 14.2 Å². The first-order valence-electron chi connectivity index (χ1n) is 7.54. The van der Waals surface area contributed by atoms with Crippen LogP contribution >= 0.6 is 0 Å². The predicted octanol–water partition coefficient (Wildman–Crippen LogP) is 2.48. The smallest absolute Gasteiger partial charge is 0.231 e. The molecule has 0 aromatic heterocycles. The molecule has 0 atom stereocenters. The van der Waals surface area contributed by atoms with E-state index in [-0.39, 0.29) is 12.6 Å². The summed E-state index contributed by atoms with van der Waals surface area (Å²) in [7, 11) is 0. The summed E-state index contributed by atoms with van der Waals surface area (Å²) in [5.41, 5.74) is 0.554. The molecule has 2 heterocycles. The number of Topliss-reactive ketones (excluding diaryl/α,β-unsaturated/α-hetero) is 1. The van der Waals surface area contributed by atoms with Crippen molar-refractivity contribution in [3.8, 4) is 17.2 Å². The maximum absolute atomic E-state index is 11.7. The van der Waals surface area contributed by atoms with E-state index < -0.39 is 0 Å². The topological polar surface area (TPSA) is 48.0 Å². The molecule has 0 amide bonds. The molecule has 5 heteroatoms. The first-order chi connectivity index (χ1) is 10.2. The highest BCUT2D eigenvalue weighted by Crippen LogP contribution is 2.38. The number of fused-ring (bicyclic) bond motifs is 1. The molecule has 0 bridgehead atoms. The number of ketones is 1. The second-order valence-electron chi connectivity index (χ2n) is 5.51. The van der Waals surface area contributed by atoms with Gasteiger partial charge in [-0.1, -0.05) is 6.42 Å². The summed E-state index contributed by atoms with van der Waals surface area (Å²) in [5, 5.41) is 0. The average molecular weight is 291 g/mol. The van der Waals surface area contributed by atoms with Crippen LogP contribution in [0.5, 0.6) is 17.2 Å². The normalized spacial score (nSPS) is 17.8. The molecule has 0 aliphatic carbocycles. The fourth-order valence-electron chi connectivity index (χ4n) is 2.79. The summed E-state index contributed by atoms with van der Waals surface area (Å²) in [6, 6.07) is 3.47. The average Bonchev–Trinajstić information content (AvgIpc) is 2.94. The standard InChI is InChI=1S/C16H21NO4/c1-12(18)13-9-15-16(21-11-20-15)10-14(13)19-8-7-17-5-3-2-4-6-17/h9-10H,2-8,11H2,1H3. The van der Waals surface area contributed by atoms with Gasteiger partial charge in [-0.05, 0) is 38.9 Å². The van der Waals surface area contributed by atoms with E-state index >= 15 is 0 Å². The molecule has 0 unspecified atom stereocenters. The number of rotatable bonds is 5.